The lowest BCUT2D eigenvalue weighted by molar-refractivity contribution is -0.119. The Balaban J connectivity index is 1.77. The summed E-state index contributed by atoms with van der Waals surface area (Å²) in [6.07, 6.45) is 0.369. The largest absolute Gasteiger partial charge is 0.438 e. The summed E-state index contributed by atoms with van der Waals surface area (Å²) in [5.74, 6) is 0.273. The van der Waals surface area contributed by atoms with Crippen LogP contribution in [0.25, 0.3) is 22.5 Å². The maximum atomic E-state index is 13.4. The fraction of sp³-hybridized carbons (Fsp3) is 0.160. The van der Waals surface area contributed by atoms with Gasteiger partial charge in [-0.05, 0) is 12.0 Å². The predicted octanol–water partition coefficient (Wildman–Crippen LogP) is 4.86. The van der Waals surface area contributed by atoms with Gasteiger partial charge in [-0.2, -0.15) is 10.5 Å². The number of hydrogen-bond donors (Lipinski definition) is 2. The summed E-state index contributed by atoms with van der Waals surface area (Å²) in [5, 5.41) is 30.0. The number of hydrogen-bond acceptors (Lipinski definition) is 8. The molecule has 4 aromatic rings. The molecule has 174 valence electrons. The molecule has 35 heavy (non-hydrogen) atoms. The third kappa shape index (κ3) is 4.74. The van der Waals surface area contributed by atoms with Crippen LogP contribution in [0.3, 0.4) is 0 Å². The number of amides is 1. The minimum atomic E-state index is -0.775. The number of benzene rings is 2. The smallest absolute Gasteiger partial charge is 0.249 e. The molecule has 0 fully saturated rings. The van der Waals surface area contributed by atoms with Crippen LogP contribution in [0.5, 0.6) is 0 Å². The molecule has 10 heteroatoms. The number of rotatable bonds is 8. The molecule has 0 bridgehead atoms. The number of nitrogen functional groups attached to an aromatic ring is 1. The number of nitriles is 2. The molecule has 0 aliphatic rings. The third-order valence-corrected chi connectivity index (χ3v) is 6.12. The van der Waals surface area contributed by atoms with Crippen LogP contribution in [-0.4, -0.2) is 26.4 Å². The number of furan rings is 1. The topological polar surface area (TPSA) is 147 Å². The normalized spacial score (nSPS) is 11.4. The molecular weight excluding hydrogens is 462 g/mol. The molecule has 1 amide bonds. The van der Waals surface area contributed by atoms with Gasteiger partial charge in [-0.15, -0.1) is 10.2 Å². The van der Waals surface area contributed by atoms with Crippen molar-refractivity contribution < 1.29 is 9.21 Å². The number of thioether (sulfide) groups is 1. The van der Waals surface area contributed by atoms with Crippen molar-refractivity contribution in [3.63, 3.8) is 0 Å². The van der Waals surface area contributed by atoms with Gasteiger partial charge in [0.2, 0.25) is 17.7 Å². The quantitative estimate of drug-likeness (QED) is 0.338. The van der Waals surface area contributed by atoms with E-state index in [-0.39, 0.29) is 23.1 Å². The first kappa shape index (κ1) is 23.6. The van der Waals surface area contributed by atoms with Gasteiger partial charge in [-0.1, -0.05) is 79.3 Å². The zero-order valence-corrected chi connectivity index (χ0v) is 19.6. The first-order valence-electron chi connectivity index (χ1n) is 10.8. The molecule has 0 saturated carbocycles. The molecule has 1 atom stereocenters. The molecule has 0 radical (unpaired) electrons. The van der Waals surface area contributed by atoms with Gasteiger partial charge in [-0.25, -0.2) is 0 Å². The summed E-state index contributed by atoms with van der Waals surface area (Å²) >= 11 is 1.14. The zero-order chi connectivity index (χ0) is 24.8. The number of anilines is 2. The van der Waals surface area contributed by atoms with Crippen molar-refractivity contribution in [1.82, 2.24) is 14.8 Å². The summed E-state index contributed by atoms with van der Waals surface area (Å²) in [7, 11) is 0. The van der Waals surface area contributed by atoms with Gasteiger partial charge in [0.05, 0.1) is 11.8 Å². The molecule has 0 spiro atoms. The van der Waals surface area contributed by atoms with Crippen LogP contribution in [0.1, 0.15) is 24.9 Å². The van der Waals surface area contributed by atoms with Gasteiger partial charge >= 0.3 is 0 Å². The first-order chi connectivity index (χ1) is 17.1. The van der Waals surface area contributed by atoms with Crippen molar-refractivity contribution in [2.45, 2.75) is 24.5 Å². The van der Waals surface area contributed by atoms with Crippen LogP contribution in [0, 0.1) is 22.7 Å². The van der Waals surface area contributed by atoms with Gasteiger partial charge in [0.25, 0.3) is 0 Å². The monoisotopic (exact) mass is 483 g/mol. The fourth-order valence-electron chi connectivity index (χ4n) is 3.76. The number of nitrogens with one attached hydrogen (secondary N) is 1. The Morgan fingerprint density at radius 1 is 1.11 bits per heavy atom. The maximum absolute atomic E-state index is 13.4. The lowest BCUT2D eigenvalue weighted by Crippen LogP contribution is -2.27. The van der Waals surface area contributed by atoms with E-state index in [0.29, 0.717) is 22.9 Å². The van der Waals surface area contributed by atoms with Crippen LogP contribution < -0.4 is 11.1 Å². The lowest BCUT2D eigenvalue weighted by Gasteiger charge is -2.18. The Bertz CT molecular complexity index is 1420. The molecule has 0 aliphatic heterocycles. The number of nitrogens with zero attached hydrogens (tertiary/aromatic N) is 5. The number of aromatic nitrogens is 3. The Morgan fingerprint density at radius 3 is 2.37 bits per heavy atom. The molecule has 1 unspecified atom stereocenters. The molecule has 2 aromatic heterocycles. The Hall–Kier alpha value is -4.54. The van der Waals surface area contributed by atoms with E-state index in [9.17, 15) is 10.1 Å². The van der Waals surface area contributed by atoms with Gasteiger partial charge in [-0.3, -0.25) is 14.7 Å². The first-order valence-corrected chi connectivity index (χ1v) is 11.8. The fourth-order valence-corrected chi connectivity index (χ4v) is 4.41. The second-order valence-electron chi connectivity index (χ2n) is 7.43. The van der Waals surface area contributed by atoms with E-state index in [1.807, 2.05) is 73.7 Å². The predicted molar refractivity (Wildman–Crippen MR) is 133 cm³/mol. The zero-order valence-electron chi connectivity index (χ0n) is 18.8. The molecule has 2 heterocycles. The standard InChI is InChI=1S/C25H21N7O2S/c1-2-19(32-24(28)30-31-25(32)35-14-13-26)22(33)29-23-18(15-27)20(16-9-5-3-6-10-16)21(34-23)17-11-7-4-8-12-17/h3-12,19H,2,14H2,1H3,(H2,28,30)(H,29,33). The van der Waals surface area contributed by atoms with Crippen LogP contribution in [-0.2, 0) is 4.79 Å². The molecular formula is C25H21N7O2S. The van der Waals surface area contributed by atoms with Crippen molar-refractivity contribution >= 4 is 29.5 Å². The van der Waals surface area contributed by atoms with E-state index in [0.717, 1.165) is 22.9 Å². The Morgan fingerprint density at radius 2 is 1.77 bits per heavy atom. The average molecular weight is 484 g/mol. The van der Waals surface area contributed by atoms with E-state index in [4.69, 9.17) is 15.4 Å². The Labute approximate surface area is 206 Å². The number of carbonyl (C=O) groups excluding carboxylic acids is 1. The summed E-state index contributed by atoms with van der Waals surface area (Å²) in [4.78, 5) is 13.4. The lowest BCUT2D eigenvalue weighted by atomic mass is 9.98. The molecule has 3 N–H and O–H groups in total. The van der Waals surface area contributed by atoms with Crippen molar-refractivity contribution in [1.29, 1.82) is 10.5 Å². The second kappa shape index (κ2) is 10.6. The van der Waals surface area contributed by atoms with Crippen LogP contribution >= 0.6 is 11.8 Å². The minimum Gasteiger partial charge on any atom is -0.438 e. The van der Waals surface area contributed by atoms with Crippen molar-refractivity contribution in [3.05, 3.63) is 66.2 Å². The number of carbonyl (C=O) groups is 1. The van der Waals surface area contributed by atoms with Crippen LogP contribution in [0.2, 0.25) is 0 Å². The Kier molecular flexibility index (Phi) is 7.15. The summed E-state index contributed by atoms with van der Waals surface area (Å²) in [6.45, 7) is 1.82. The highest BCUT2D eigenvalue weighted by Gasteiger charge is 2.29. The van der Waals surface area contributed by atoms with E-state index in [2.05, 4.69) is 21.6 Å². The van der Waals surface area contributed by atoms with Crippen LogP contribution in [0.4, 0.5) is 11.8 Å². The number of nitrogens with two attached hydrogens (primary N) is 1. The highest BCUT2D eigenvalue weighted by atomic mass is 32.2. The second-order valence-corrected chi connectivity index (χ2v) is 8.37. The molecule has 0 aliphatic carbocycles. The molecule has 9 nitrogen and oxygen atoms in total. The maximum Gasteiger partial charge on any atom is 0.249 e. The summed E-state index contributed by atoms with van der Waals surface area (Å²) in [5.41, 5.74) is 8.37. The van der Waals surface area contributed by atoms with Crippen molar-refractivity contribution in [3.8, 4) is 34.6 Å². The van der Waals surface area contributed by atoms with Crippen LogP contribution in [0.15, 0.2) is 70.2 Å². The summed E-state index contributed by atoms with van der Waals surface area (Å²) in [6, 6.07) is 22.2. The minimum absolute atomic E-state index is 0.0477. The van der Waals surface area contributed by atoms with E-state index < -0.39 is 11.9 Å². The third-order valence-electron chi connectivity index (χ3n) is 5.31. The van der Waals surface area contributed by atoms with E-state index in [1.165, 1.54) is 4.57 Å². The van der Waals surface area contributed by atoms with Gasteiger partial charge in [0.15, 0.2) is 5.16 Å². The molecule has 4 rings (SSSR count). The van der Waals surface area contributed by atoms with Gasteiger partial charge in [0, 0.05) is 11.1 Å². The van der Waals surface area contributed by atoms with Crippen molar-refractivity contribution in [2.75, 3.05) is 16.8 Å². The molecule has 0 saturated heterocycles. The van der Waals surface area contributed by atoms with E-state index in [1.54, 1.807) is 0 Å². The highest BCUT2D eigenvalue weighted by Crippen LogP contribution is 2.41. The highest BCUT2D eigenvalue weighted by molar-refractivity contribution is 7.99. The SMILES string of the molecule is CCC(C(=O)Nc1oc(-c2ccccc2)c(-c2ccccc2)c1C#N)n1c(N)nnc1SCC#N. The van der Waals surface area contributed by atoms with Gasteiger partial charge < -0.3 is 10.2 Å². The van der Waals surface area contributed by atoms with Gasteiger partial charge in [0.1, 0.15) is 23.4 Å². The molecule has 2 aromatic carbocycles. The summed E-state index contributed by atoms with van der Waals surface area (Å²) < 4.78 is 7.60. The average Bonchev–Trinajstić information content (AvgIpc) is 3.44. The van der Waals surface area contributed by atoms with E-state index >= 15 is 0 Å². The van der Waals surface area contributed by atoms with Crippen molar-refractivity contribution in [2.24, 2.45) is 0 Å².